The first-order chi connectivity index (χ1) is 7.38. The lowest BCUT2D eigenvalue weighted by Crippen LogP contribution is -2.46. The zero-order valence-corrected chi connectivity index (χ0v) is 8.84. The van der Waals surface area contributed by atoms with E-state index in [9.17, 15) is 14.4 Å². The Balaban J connectivity index is 4.54. The number of carbonyl (C=O) groups excluding carboxylic acids is 2. The maximum Gasteiger partial charge on any atom is 0.323 e. The molecule has 7 heteroatoms. The van der Waals surface area contributed by atoms with Crippen molar-refractivity contribution in [2.24, 2.45) is 5.73 Å². The predicted octanol–water partition coefficient (Wildman–Crippen LogP) is -1.46. The molecule has 0 saturated heterocycles. The lowest BCUT2D eigenvalue weighted by Gasteiger charge is -2.24. The molecule has 88 valence electrons. The quantitative estimate of drug-likeness (QED) is 0.560. The van der Waals surface area contributed by atoms with Crippen LogP contribution in [0, 0.1) is 12.3 Å². The van der Waals surface area contributed by atoms with Gasteiger partial charge in [-0.1, -0.05) is 5.92 Å². The minimum absolute atomic E-state index is 0.145. The van der Waals surface area contributed by atoms with E-state index in [1.54, 1.807) is 0 Å². The van der Waals surface area contributed by atoms with E-state index in [2.05, 4.69) is 5.92 Å². The first-order valence-corrected chi connectivity index (χ1v) is 4.32. The summed E-state index contributed by atoms with van der Waals surface area (Å²) in [6.07, 6.45) is 5.00. The van der Waals surface area contributed by atoms with E-state index in [0.29, 0.717) is 0 Å². The Morgan fingerprint density at radius 1 is 1.38 bits per heavy atom. The van der Waals surface area contributed by atoms with E-state index >= 15 is 0 Å². The van der Waals surface area contributed by atoms with E-state index in [0.717, 1.165) is 9.80 Å². The third kappa shape index (κ3) is 4.85. The summed E-state index contributed by atoms with van der Waals surface area (Å²) in [6, 6.07) is -0.654. The lowest BCUT2D eigenvalue weighted by atomic mass is 10.4. The fourth-order valence-electron chi connectivity index (χ4n) is 1.01. The van der Waals surface area contributed by atoms with Gasteiger partial charge in [0, 0.05) is 7.05 Å². The normalized spacial score (nSPS) is 9.00. The SMILES string of the molecule is C#CCN(CC(=O)O)C(=O)N(C)CC(N)=O. The van der Waals surface area contributed by atoms with Gasteiger partial charge in [-0.3, -0.25) is 9.59 Å². The van der Waals surface area contributed by atoms with Gasteiger partial charge in [-0.25, -0.2) is 4.79 Å². The molecule has 0 bridgehead atoms. The van der Waals surface area contributed by atoms with Crippen LogP contribution in [0.4, 0.5) is 4.79 Å². The molecule has 0 atom stereocenters. The largest absolute Gasteiger partial charge is 0.480 e. The third-order valence-electron chi connectivity index (χ3n) is 1.60. The Hall–Kier alpha value is -2.23. The Labute approximate surface area is 92.8 Å². The average Bonchev–Trinajstić information content (AvgIpc) is 2.14. The summed E-state index contributed by atoms with van der Waals surface area (Å²) in [5, 5.41) is 8.55. The number of amides is 3. The molecule has 16 heavy (non-hydrogen) atoms. The van der Waals surface area contributed by atoms with Gasteiger partial charge >= 0.3 is 12.0 Å². The number of carboxylic acids is 1. The van der Waals surface area contributed by atoms with Gasteiger partial charge in [-0.05, 0) is 0 Å². The molecule has 0 aliphatic heterocycles. The van der Waals surface area contributed by atoms with Gasteiger partial charge in [-0.2, -0.15) is 0 Å². The molecule has 0 heterocycles. The molecule has 0 aromatic rings. The van der Waals surface area contributed by atoms with Crippen LogP contribution in [0.1, 0.15) is 0 Å². The third-order valence-corrected chi connectivity index (χ3v) is 1.60. The van der Waals surface area contributed by atoms with Gasteiger partial charge in [0.1, 0.15) is 13.1 Å². The first kappa shape index (κ1) is 13.8. The number of carboxylic acid groups (broad SMARTS) is 1. The van der Waals surface area contributed by atoms with Crippen LogP contribution in [0.15, 0.2) is 0 Å². The molecule has 3 N–H and O–H groups in total. The molecule has 0 aliphatic rings. The topological polar surface area (TPSA) is 104 Å². The average molecular weight is 227 g/mol. The molecular formula is C9H13N3O4. The number of terminal acetylenes is 1. The van der Waals surface area contributed by atoms with Crippen molar-refractivity contribution in [3.05, 3.63) is 0 Å². The van der Waals surface area contributed by atoms with Gasteiger partial charge in [0.2, 0.25) is 5.91 Å². The Morgan fingerprint density at radius 2 is 1.94 bits per heavy atom. The highest BCUT2D eigenvalue weighted by Crippen LogP contribution is 1.96. The smallest absolute Gasteiger partial charge is 0.323 e. The zero-order chi connectivity index (χ0) is 12.7. The molecular weight excluding hydrogens is 214 g/mol. The fraction of sp³-hybridized carbons (Fsp3) is 0.444. The van der Waals surface area contributed by atoms with Crippen LogP contribution in [0.3, 0.4) is 0 Å². The number of carbonyl (C=O) groups is 3. The predicted molar refractivity (Wildman–Crippen MR) is 55.3 cm³/mol. The number of nitrogens with zero attached hydrogens (tertiary/aromatic N) is 2. The highest BCUT2D eigenvalue weighted by Gasteiger charge is 2.20. The molecule has 0 unspecified atom stereocenters. The molecule has 0 spiro atoms. The van der Waals surface area contributed by atoms with Crippen LogP contribution in [-0.2, 0) is 9.59 Å². The highest BCUT2D eigenvalue weighted by atomic mass is 16.4. The molecule has 7 nitrogen and oxygen atoms in total. The number of urea groups is 1. The summed E-state index contributed by atoms with van der Waals surface area (Å²) < 4.78 is 0. The Bertz CT molecular complexity index is 334. The van der Waals surface area contributed by atoms with E-state index in [1.165, 1.54) is 7.05 Å². The van der Waals surface area contributed by atoms with Crippen LogP contribution >= 0.6 is 0 Å². The second kappa shape index (κ2) is 6.29. The van der Waals surface area contributed by atoms with Gasteiger partial charge in [0.05, 0.1) is 6.54 Å². The summed E-state index contributed by atoms with van der Waals surface area (Å²) in [6.45, 7) is -0.958. The van der Waals surface area contributed by atoms with Crippen molar-refractivity contribution in [1.82, 2.24) is 9.80 Å². The number of primary amides is 1. The minimum atomic E-state index is -1.18. The zero-order valence-electron chi connectivity index (χ0n) is 8.84. The summed E-state index contributed by atoms with van der Waals surface area (Å²) in [7, 11) is 1.33. The number of aliphatic carboxylic acids is 1. The fourth-order valence-corrected chi connectivity index (χ4v) is 1.01. The van der Waals surface area contributed by atoms with Crippen LogP contribution in [0.25, 0.3) is 0 Å². The molecule has 0 saturated carbocycles. The number of hydrogen-bond donors (Lipinski definition) is 2. The Kier molecular flexibility index (Phi) is 5.41. The maximum absolute atomic E-state index is 11.6. The molecule has 0 rings (SSSR count). The van der Waals surface area contributed by atoms with Gasteiger partial charge in [0.15, 0.2) is 0 Å². The van der Waals surface area contributed by atoms with Crippen molar-refractivity contribution in [3.63, 3.8) is 0 Å². The van der Waals surface area contributed by atoms with Crippen molar-refractivity contribution >= 4 is 17.9 Å². The van der Waals surface area contributed by atoms with Crippen molar-refractivity contribution in [3.8, 4) is 12.3 Å². The molecule has 0 radical (unpaired) electrons. The van der Waals surface area contributed by atoms with Crippen LogP contribution in [0.5, 0.6) is 0 Å². The van der Waals surface area contributed by atoms with Crippen molar-refractivity contribution < 1.29 is 19.5 Å². The molecule has 0 fully saturated rings. The van der Waals surface area contributed by atoms with Gasteiger partial charge < -0.3 is 20.6 Å². The highest BCUT2D eigenvalue weighted by molar-refractivity contribution is 5.84. The maximum atomic E-state index is 11.6. The number of hydrogen-bond acceptors (Lipinski definition) is 3. The van der Waals surface area contributed by atoms with Crippen molar-refractivity contribution in [2.45, 2.75) is 0 Å². The van der Waals surface area contributed by atoms with E-state index in [1.807, 2.05) is 0 Å². The molecule has 0 aliphatic carbocycles. The van der Waals surface area contributed by atoms with E-state index in [-0.39, 0.29) is 13.1 Å². The monoisotopic (exact) mass is 227 g/mol. The second-order valence-electron chi connectivity index (χ2n) is 3.06. The number of rotatable bonds is 5. The first-order valence-electron chi connectivity index (χ1n) is 4.32. The van der Waals surface area contributed by atoms with Crippen molar-refractivity contribution in [1.29, 1.82) is 0 Å². The van der Waals surface area contributed by atoms with Gasteiger partial charge in [0.25, 0.3) is 0 Å². The lowest BCUT2D eigenvalue weighted by molar-refractivity contribution is -0.137. The van der Waals surface area contributed by atoms with E-state index < -0.39 is 24.5 Å². The van der Waals surface area contributed by atoms with Crippen molar-refractivity contribution in [2.75, 3.05) is 26.7 Å². The summed E-state index contributed by atoms with van der Waals surface area (Å²) in [4.78, 5) is 34.5. The summed E-state index contributed by atoms with van der Waals surface area (Å²) >= 11 is 0. The Morgan fingerprint density at radius 3 is 2.31 bits per heavy atom. The van der Waals surface area contributed by atoms with Gasteiger partial charge in [-0.15, -0.1) is 6.42 Å². The summed E-state index contributed by atoms with van der Waals surface area (Å²) in [5.41, 5.74) is 4.90. The standard InChI is InChI=1S/C9H13N3O4/c1-3-4-12(6-8(14)15)9(16)11(2)5-7(10)13/h1H,4-6H2,2H3,(H2,10,13)(H,14,15). The van der Waals surface area contributed by atoms with Crippen LogP contribution in [-0.4, -0.2) is 59.5 Å². The molecule has 0 aromatic carbocycles. The van der Waals surface area contributed by atoms with E-state index in [4.69, 9.17) is 17.3 Å². The number of nitrogens with two attached hydrogens (primary N) is 1. The molecule has 0 aromatic heterocycles. The van der Waals surface area contributed by atoms with Crippen LogP contribution in [0.2, 0.25) is 0 Å². The number of likely N-dealkylation sites (N-methyl/N-ethyl adjacent to an activating group) is 1. The summed E-state index contributed by atoms with van der Waals surface area (Å²) in [5.74, 6) is 0.289. The molecule has 3 amide bonds. The van der Waals surface area contributed by atoms with Crippen LogP contribution < -0.4 is 5.73 Å². The minimum Gasteiger partial charge on any atom is -0.480 e. The second-order valence-corrected chi connectivity index (χ2v) is 3.06.